The third kappa shape index (κ3) is 2.69. The Balaban J connectivity index is 1.63. The number of rotatable bonds is 2. The molecular weight excluding hydrogens is 296 g/mol. The van der Waals surface area contributed by atoms with Crippen molar-refractivity contribution >= 4 is 22.4 Å². The molecule has 0 radical (unpaired) electrons. The third-order valence-corrected chi connectivity index (χ3v) is 4.51. The lowest BCUT2D eigenvalue weighted by Gasteiger charge is -2.17. The van der Waals surface area contributed by atoms with Crippen LogP contribution in [0.2, 0.25) is 0 Å². The van der Waals surface area contributed by atoms with Crippen molar-refractivity contribution in [3.63, 3.8) is 0 Å². The Hall–Kier alpha value is -2.94. The Bertz CT molecular complexity index is 938. The first-order valence-electron chi connectivity index (χ1n) is 8.26. The monoisotopic (exact) mass is 314 g/mol. The minimum Gasteiger partial charge on any atom is -0.267 e. The van der Waals surface area contributed by atoms with Crippen LogP contribution in [-0.4, -0.2) is 11.6 Å². The Morgan fingerprint density at radius 1 is 0.875 bits per heavy atom. The number of aryl methyl sites for hydroxylation is 1. The lowest BCUT2D eigenvalue weighted by Crippen LogP contribution is -2.22. The van der Waals surface area contributed by atoms with Crippen molar-refractivity contribution in [2.75, 3.05) is 0 Å². The largest absolute Gasteiger partial charge is 0.272 e. The molecule has 0 saturated carbocycles. The van der Waals surface area contributed by atoms with Crippen LogP contribution in [0.15, 0.2) is 71.8 Å². The van der Waals surface area contributed by atoms with Gasteiger partial charge in [-0.15, -0.1) is 0 Å². The smallest absolute Gasteiger partial charge is 0.267 e. The van der Waals surface area contributed by atoms with E-state index in [0.717, 1.165) is 41.3 Å². The summed E-state index contributed by atoms with van der Waals surface area (Å²) >= 11 is 0. The predicted octanol–water partition coefficient (Wildman–Crippen LogP) is 4.31. The molecule has 1 N–H and O–H groups in total. The molecule has 3 aromatic carbocycles. The maximum Gasteiger partial charge on any atom is 0.272 e. The van der Waals surface area contributed by atoms with Crippen molar-refractivity contribution in [3.8, 4) is 0 Å². The maximum absolute atomic E-state index is 12.6. The molecule has 3 aromatic rings. The van der Waals surface area contributed by atoms with Crippen molar-refractivity contribution in [1.82, 2.24) is 5.43 Å². The number of fused-ring (bicyclic) bond motifs is 2. The van der Waals surface area contributed by atoms with E-state index in [2.05, 4.69) is 28.7 Å². The van der Waals surface area contributed by atoms with Gasteiger partial charge < -0.3 is 0 Å². The van der Waals surface area contributed by atoms with Gasteiger partial charge in [-0.05, 0) is 41.7 Å². The van der Waals surface area contributed by atoms with Gasteiger partial charge in [0.15, 0.2) is 0 Å². The SMILES string of the molecule is O=C(N/N=C1/CCCc2ccccc21)c1cccc2ccccc12. The maximum atomic E-state index is 12.6. The Morgan fingerprint density at radius 2 is 1.67 bits per heavy atom. The molecule has 0 aliphatic heterocycles. The van der Waals surface area contributed by atoms with Gasteiger partial charge >= 0.3 is 0 Å². The van der Waals surface area contributed by atoms with Gasteiger partial charge in [0.05, 0.1) is 5.71 Å². The number of hydrazone groups is 1. The van der Waals surface area contributed by atoms with Crippen molar-refractivity contribution in [2.24, 2.45) is 5.10 Å². The van der Waals surface area contributed by atoms with E-state index < -0.39 is 0 Å². The number of nitrogens with zero attached hydrogens (tertiary/aromatic N) is 1. The molecule has 1 aliphatic carbocycles. The molecule has 3 nitrogen and oxygen atoms in total. The Morgan fingerprint density at radius 3 is 2.62 bits per heavy atom. The number of amides is 1. The molecule has 0 aromatic heterocycles. The second-order valence-corrected chi connectivity index (χ2v) is 6.04. The molecule has 4 rings (SSSR count). The summed E-state index contributed by atoms with van der Waals surface area (Å²) in [6.45, 7) is 0. The molecule has 24 heavy (non-hydrogen) atoms. The van der Waals surface area contributed by atoms with Crippen LogP contribution in [0.3, 0.4) is 0 Å². The summed E-state index contributed by atoms with van der Waals surface area (Å²) < 4.78 is 0. The van der Waals surface area contributed by atoms with Gasteiger partial charge in [0.25, 0.3) is 5.91 Å². The molecule has 0 heterocycles. The minimum atomic E-state index is -0.164. The summed E-state index contributed by atoms with van der Waals surface area (Å²) in [5, 5.41) is 6.43. The van der Waals surface area contributed by atoms with Crippen molar-refractivity contribution in [2.45, 2.75) is 19.3 Å². The van der Waals surface area contributed by atoms with E-state index in [1.807, 2.05) is 48.5 Å². The van der Waals surface area contributed by atoms with Crippen LogP contribution in [0.1, 0.15) is 34.3 Å². The van der Waals surface area contributed by atoms with Gasteiger partial charge in [-0.3, -0.25) is 4.79 Å². The fraction of sp³-hybridized carbons (Fsp3) is 0.143. The van der Waals surface area contributed by atoms with Crippen LogP contribution in [-0.2, 0) is 6.42 Å². The zero-order valence-electron chi connectivity index (χ0n) is 13.3. The van der Waals surface area contributed by atoms with Gasteiger partial charge in [-0.25, -0.2) is 5.43 Å². The van der Waals surface area contributed by atoms with Gasteiger partial charge in [-0.1, -0.05) is 60.7 Å². The highest BCUT2D eigenvalue weighted by atomic mass is 16.2. The van der Waals surface area contributed by atoms with E-state index >= 15 is 0 Å². The average Bonchev–Trinajstić information content (AvgIpc) is 2.65. The predicted molar refractivity (Wildman–Crippen MR) is 97.3 cm³/mol. The molecule has 118 valence electrons. The quantitative estimate of drug-likeness (QED) is 0.704. The van der Waals surface area contributed by atoms with Crippen LogP contribution in [0.25, 0.3) is 10.8 Å². The molecule has 1 aliphatic rings. The second-order valence-electron chi connectivity index (χ2n) is 6.04. The van der Waals surface area contributed by atoms with E-state index in [1.165, 1.54) is 5.56 Å². The molecule has 3 heteroatoms. The van der Waals surface area contributed by atoms with Gasteiger partial charge in [0, 0.05) is 11.1 Å². The number of benzene rings is 3. The van der Waals surface area contributed by atoms with Crippen molar-refractivity contribution < 1.29 is 4.79 Å². The Kier molecular flexibility index (Phi) is 3.83. The highest BCUT2D eigenvalue weighted by Crippen LogP contribution is 2.22. The van der Waals surface area contributed by atoms with E-state index in [9.17, 15) is 4.79 Å². The van der Waals surface area contributed by atoms with Crippen molar-refractivity contribution in [1.29, 1.82) is 0 Å². The lowest BCUT2D eigenvalue weighted by atomic mass is 9.90. The normalized spacial score (nSPS) is 15.2. The standard InChI is InChI=1S/C21H18N2O/c24-21(19-13-5-9-15-7-1-3-11-17(15)19)23-22-20-14-6-10-16-8-2-4-12-18(16)20/h1-5,7-9,11-13H,6,10,14H2,(H,23,24)/b22-20-. The fourth-order valence-corrected chi connectivity index (χ4v) is 3.32. The number of carbonyl (C=O) groups excluding carboxylic acids is 1. The number of hydrogen-bond acceptors (Lipinski definition) is 2. The highest BCUT2D eigenvalue weighted by Gasteiger charge is 2.15. The average molecular weight is 314 g/mol. The van der Waals surface area contributed by atoms with E-state index in [0.29, 0.717) is 5.56 Å². The molecule has 0 bridgehead atoms. The summed E-state index contributed by atoms with van der Waals surface area (Å²) in [6, 6.07) is 21.9. The number of hydrogen-bond donors (Lipinski definition) is 1. The van der Waals surface area contributed by atoms with Gasteiger partial charge in [-0.2, -0.15) is 5.10 Å². The fourth-order valence-electron chi connectivity index (χ4n) is 3.32. The molecule has 0 saturated heterocycles. The van der Waals surface area contributed by atoms with Crippen LogP contribution in [0.5, 0.6) is 0 Å². The molecule has 0 fully saturated rings. The van der Waals surface area contributed by atoms with Crippen LogP contribution < -0.4 is 5.43 Å². The first-order valence-corrected chi connectivity index (χ1v) is 8.26. The molecular formula is C21H18N2O. The van der Waals surface area contributed by atoms with E-state index in [1.54, 1.807) is 0 Å². The zero-order valence-corrected chi connectivity index (χ0v) is 13.3. The Labute approximate surface area is 141 Å². The molecule has 0 atom stereocenters. The molecule has 0 unspecified atom stereocenters. The molecule has 1 amide bonds. The first-order chi connectivity index (χ1) is 11.8. The zero-order chi connectivity index (χ0) is 16.4. The summed E-state index contributed by atoms with van der Waals surface area (Å²) in [4.78, 5) is 12.6. The van der Waals surface area contributed by atoms with Crippen LogP contribution in [0, 0.1) is 0 Å². The third-order valence-electron chi connectivity index (χ3n) is 4.51. The van der Waals surface area contributed by atoms with Gasteiger partial charge in [0.1, 0.15) is 0 Å². The first kappa shape index (κ1) is 14.6. The highest BCUT2D eigenvalue weighted by molar-refractivity contribution is 6.08. The summed E-state index contributed by atoms with van der Waals surface area (Å²) in [5.74, 6) is -0.164. The van der Waals surface area contributed by atoms with E-state index in [-0.39, 0.29) is 5.91 Å². The summed E-state index contributed by atoms with van der Waals surface area (Å²) in [6.07, 6.45) is 3.04. The minimum absolute atomic E-state index is 0.164. The van der Waals surface area contributed by atoms with Crippen LogP contribution in [0.4, 0.5) is 0 Å². The van der Waals surface area contributed by atoms with Crippen LogP contribution >= 0.6 is 0 Å². The van der Waals surface area contributed by atoms with Crippen molar-refractivity contribution in [3.05, 3.63) is 83.4 Å². The molecule has 0 spiro atoms. The summed E-state index contributed by atoms with van der Waals surface area (Å²) in [7, 11) is 0. The number of nitrogens with one attached hydrogen (secondary N) is 1. The second kappa shape index (κ2) is 6.28. The number of carbonyl (C=O) groups is 1. The summed E-state index contributed by atoms with van der Waals surface area (Å²) in [5.41, 5.74) is 6.83. The lowest BCUT2D eigenvalue weighted by molar-refractivity contribution is 0.0956. The topological polar surface area (TPSA) is 41.5 Å². The van der Waals surface area contributed by atoms with Gasteiger partial charge in [0.2, 0.25) is 0 Å². The van der Waals surface area contributed by atoms with E-state index in [4.69, 9.17) is 0 Å².